The zero-order chi connectivity index (χ0) is 15.8. The fourth-order valence-corrected chi connectivity index (χ4v) is 2.18. The van der Waals surface area contributed by atoms with E-state index in [9.17, 15) is 9.59 Å². The number of hydrogen-bond donors (Lipinski definition) is 2. The first-order valence-electron chi connectivity index (χ1n) is 6.23. The Balaban J connectivity index is 2.51. The minimum atomic E-state index is -1.08. The van der Waals surface area contributed by atoms with Gasteiger partial charge in [-0.05, 0) is 24.1 Å². The molecule has 1 rings (SSSR count). The van der Waals surface area contributed by atoms with Gasteiger partial charge in [0.1, 0.15) is 6.54 Å². The van der Waals surface area contributed by atoms with Gasteiger partial charge in [0.2, 0.25) is 0 Å². The quantitative estimate of drug-likeness (QED) is 0.755. The van der Waals surface area contributed by atoms with E-state index in [1.54, 1.807) is 18.2 Å². The molecule has 0 aliphatic rings. The van der Waals surface area contributed by atoms with Gasteiger partial charge in [-0.15, -0.1) is 6.58 Å². The van der Waals surface area contributed by atoms with Crippen molar-refractivity contribution in [1.29, 1.82) is 0 Å². The standard InChI is InChI=1S/C14H16Cl2N2O3/c1-2-7-18(9-13(19)20)14(21)17-6-5-10-3-4-11(15)8-12(10)16/h2-4,8H,1,5-7,9H2,(H,17,21)(H,19,20). The van der Waals surface area contributed by atoms with Crippen LogP contribution in [0.5, 0.6) is 0 Å². The van der Waals surface area contributed by atoms with Gasteiger partial charge in [-0.3, -0.25) is 4.79 Å². The second kappa shape index (κ2) is 8.54. The van der Waals surface area contributed by atoms with Crippen molar-refractivity contribution >= 4 is 35.2 Å². The molecule has 0 aliphatic heterocycles. The van der Waals surface area contributed by atoms with Gasteiger partial charge in [0.15, 0.2) is 0 Å². The number of urea groups is 1. The van der Waals surface area contributed by atoms with Crippen LogP contribution in [0, 0.1) is 0 Å². The number of carbonyl (C=O) groups excluding carboxylic acids is 1. The summed E-state index contributed by atoms with van der Waals surface area (Å²) in [7, 11) is 0. The van der Waals surface area contributed by atoms with Crippen molar-refractivity contribution in [1.82, 2.24) is 10.2 Å². The summed E-state index contributed by atoms with van der Waals surface area (Å²) in [6.45, 7) is 3.63. The van der Waals surface area contributed by atoms with E-state index in [2.05, 4.69) is 11.9 Å². The molecule has 2 N–H and O–H groups in total. The van der Waals surface area contributed by atoms with E-state index in [1.165, 1.54) is 6.08 Å². The van der Waals surface area contributed by atoms with E-state index in [0.29, 0.717) is 23.0 Å². The van der Waals surface area contributed by atoms with Gasteiger partial charge in [0.25, 0.3) is 0 Å². The van der Waals surface area contributed by atoms with Crippen LogP contribution >= 0.6 is 23.2 Å². The summed E-state index contributed by atoms with van der Waals surface area (Å²) in [5.74, 6) is -1.08. The van der Waals surface area contributed by atoms with E-state index < -0.39 is 12.0 Å². The van der Waals surface area contributed by atoms with Crippen molar-refractivity contribution in [2.24, 2.45) is 0 Å². The van der Waals surface area contributed by atoms with E-state index >= 15 is 0 Å². The monoisotopic (exact) mass is 330 g/mol. The van der Waals surface area contributed by atoms with E-state index in [1.807, 2.05) is 0 Å². The lowest BCUT2D eigenvalue weighted by Crippen LogP contribution is -2.43. The van der Waals surface area contributed by atoms with Gasteiger partial charge in [-0.1, -0.05) is 35.3 Å². The summed E-state index contributed by atoms with van der Waals surface area (Å²) in [4.78, 5) is 23.7. The zero-order valence-electron chi connectivity index (χ0n) is 11.3. The molecular formula is C14H16Cl2N2O3. The third-order valence-electron chi connectivity index (χ3n) is 2.65. The first-order valence-corrected chi connectivity index (χ1v) is 6.99. The average Bonchev–Trinajstić information content (AvgIpc) is 2.40. The number of halogens is 2. The van der Waals surface area contributed by atoms with Crippen molar-refractivity contribution in [2.75, 3.05) is 19.6 Å². The van der Waals surface area contributed by atoms with Crippen LogP contribution in [0.3, 0.4) is 0 Å². The van der Waals surface area contributed by atoms with Crippen LogP contribution in [0.25, 0.3) is 0 Å². The molecule has 0 atom stereocenters. The Morgan fingerprint density at radius 3 is 2.67 bits per heavy atom. The number of hydrogen-bond acceptors (Lipinski definition) is 2. The van der Waals surface area contributed by atoms with E-state index in [4.69, 9.17) is 28.3 Å². The van der Waals surface area contributed by atoms with Crippen LogP contribution in [0.2, 0.25) is 10.0 Å². The summed E-state index contributed by atoms with van der Waals surface area (Å²) in [5.41, 5.74) is 0.856. The second-order valence-corrected chi connectivity index (χ2v) is 5.12. The van der Waals surface area contributed by atoms with Gasteiger partial charge in [0.05, 0.1) is 0 Å². The van der Waals surface area contributed by atoms with Crippen LogP contribution in [-0.2, 0) is 11.2 Å². The van der Waals surface area contributed by atoms with Gasteiger partial charge in [-0.25, -0.2) is 4.79 Å². The maximum absolute atomic E-state index is 11.8. The predicted molar refractivity (Wildman–Crippen MR) is 83.0 cm³/mol. The molecule has 5 nitrogen and oxygen atoms in total. The zero-order valence-corrected chi connectivity index (χ0v) is 12.8. The first kappa shape index (κ1) is 17.3. The molecule has 0 aromatic heterocycles. The molecule has 0 spiro atoms. The third-order valence-corrected chi connectivity index (χ3v) is 3.24. The predicted octanol–water partition coefficient (Wildman–Crippen LogP) is 2.82. The lowest BCUT2D eigenvalue weighted by Gasteiger charge is -2.19. The number of carboxylic acids is 1. The van der Waals surface area contributed by atoms with Gasteiger partial charge >= 0.3 is 12.0 Å². The number of nitrogens with zero attached hydrogens (tertiary/aromatic N) is 1. The molecule has 21 heavy (non-hydrogen) atoms. The highest BCUT2D eigenvalue weighted by atomic mass is 35.5. The molecule has 0 saturated heterocycles. The van der Waals surface area contributed by atoms with E-state index in [0.717, 1.165) is 10.5 Å². The van der Waals surface area contributed by atoms with Crippen molar-refractivity contribution in [2.45, 2.75) is 6.42 Å². The van der Waals surface area contributed by atoms with Crippen LogP contribution in [-0.4, -0.2) is 41.6 Å². The van der Waals surface area contributed by atoms with Crippen molar-refractivity contribution in [3.05, 3.63) is 46.5 Å². The summed E-state index contributed by atoms with van der Waals surface area (Å²) in [5, 5.41) is 12.5. The molecular weight excluding hydrogens is 315 g/mol. The highest BCUT2D eigenvalue weighted by Crippen LogP contribution is 2.21. The van der Waals surface area contributed by atoms with Crippen molar-refractivity contribution < 1.29 is 14.7 Å². The molecule has 0 radical (unpaired) electrons. The highest BCUT2D eigenvalue weighted by Gasteiger charge is 2.14. The number of amides is 2. The minimum Gasteiger partial charge on any atom is -0.480 e. The molecule has 1 aromatic carbocycles. The Kier molecular flexibility index (Phi) is 7.05. The minimum absolute atomic E-state index is 0.167. The molecule has 1 aromatic rings. The molecule has 0 aliphatic carbocycles. The van der Waals surface area contributed by atoms with Crippen molar-refractivity contribution in [3.8, 4) is 0 Å². The number of carboxylic acid groups (broad SMARTS) is 1. The molecule has 114 valence electrons. The maximum atomic E-state index is 11.8. The fraction of sp³-hybridized carbons (Fsp3) is 0.286. The topological polar surface area (TPSA) is 69.6 Å². The van der Waals surface area contributed by atoms with E-state index in [-0.39, 0.29) is 13.1 Å². The average molecular weight is 331 g/mol. The fourth-order valence-electron chi connectivity index (χ4n) is 1.68. The smallest absolute Gasteiger partial charge is 0.323 e. The van der Waals surface area contributed by atoms with Crippen LogP contribution in [0.4, 0.5) is 4.79 Å². The van der Waals surface area contributed by atoms with Crippen LogP contribution in [0.15, 0.2) is 30.9 Å². The first-order chi connectivity index (χ1) is 9.93. The van der Waals surface area contributed by atoms with Crippen LogP contribution < -0.4 is 5.32 Å². The third kappa shape index (κ3) is 6.06. The molecule has 2 amide bonds. The lowest BCUT2D eigenvalue weighted by molar-refractivity contribution is -0.137. The Bertz CT molecular complexity index is 535. The van der Waals surface area contributed by atoms with Crippen LogP contribution in [0.1, 0.15) is 5.56 Å². The summed E-state index contributed by atoms with van der Waals surface area (Å²) < 4.78 is 0. The van der Waals surface area contributed by atoms with Gasteiger partial charge in [0, 0.05) is 23.1 Å². The summed E-state index contributed by atoms with van der Waals surface area (Å²) >= 11 is 11.8. The number of carbonyl (C=O) groups is 2. The Labute approximate surface area is 133 Å². The Morgan fingerprint density at radius 2 is 2.10 bits per heavy atom. The number of aliphatic carboxylic acids is 1. The molecule has 0 fully saturated rings. The maximum Gasteiger partial charge on any atom is 0.323 e. The largest absolute Gasteiger partial charge is 0.480 e. The number of rotatable bonds is 7. The molecule has 7 heteroatoms. The number of nitrogens with one attached hydrogen (secondary N) is 1. The summed E-state index contributed by atoms with van der Waals surface area (Å²) in [6, 6.07) is 4.69. The molecule has 0 unspecified atom stereocenters. The molecule has 0 heterocycles. The second-order valence-electron chi connectivity index (χ2n) is 4.28. The Morgan fingerprint density at radius 1 is 1.38 bits per heavy atom. The normalized spacial score (nSPS) is 10.0. The summed E-state index contributed by atoms with van der Waals surface area (Å²) in [6.07, 6.45) is 2.00. The number of benzene rings is 1. The SMILES string of the molecule is C=CCN(CC(=O)O)C(=O)NCCc1ccc(Cl)cc1Cl. The molecule has 0 saturated carbocycles. The molecule has 0 bridgehead atoms. The highest BCUT2D eigenvalue weighted by molar-refractivity contribution is 6.35. The van der Waals surface area contributed by atoms with Gasteiger partial charge < -0.3 is 15.3 Å². The Hall–Kier alpha value is -1.72. The van der Waals surface area contributed by atoms with Crippen molar-refractivity contribution in [3.63, 3.8) is 0 Å². The lowest BCUT2D eigenvalue weighted by atomic mass is 10.1. The van der Waals surface area contributed by atoms with Gasteiger partial charge in [-0.2, -0.15) is 0 Å².